The van der Waals surface area contributed by atoms with Gasteiger partial charge < -0.3 is 24.8 Å². The van der Waals surface area contributed by atoms with Crippen LogP contribution in [0.1, 0.15) is 23.7 Å². The maximum absolute atomic E-state index is 13.0. The number of hydrogen-bond acceptors (Lipinski definition) is 6. The van der Waals surface area contributed by atoms with E-state index in [2.05, 4.69) is 10.6 Å². The second-order valence-electron chi connectivity index (χ2n) is 7.32. The van der Waals surface area contributed by atoms with Crippen molar-refractivity contribution in [2.45, 2.75) is 23.5 Å². The lowest BCUT2D eigenvalue weighted by Crippen LogP contribution is -2.24. The average Bonchev–Trinajstić information content (AvgIpc) is 2.87. The molecule has 7 nitrogen and oxygen atoms in total. The standard InChI is InChI=1S/C26H28N2O5S/c1-5-24(26(30)28-19-13-21(32-3)16-22(14-19)33-4)34-23-11-7-9-18(15-23)27-25(29)17-8-6-10-20(12-17)31-2/h6-16,24H,5H2,1-4H3,(H,27,29)(H,28,30). The van der Waals surface area contributed by atoms with Gasteiger partial charge in [0.05, 0.1) is 26.6 Å². The van der Waals surface area contributed by atoms with Crippen LogP contribution in [0.15, 0.2) is 71.6 Å². The van der Waals surface area contributed by atoms with Gasteiger partial charge in [0.2, 0.25) is 5.91 Å². The van der Waals surface area contributed by atoms with Gasteiger partial charge in [-0.3, -0.25) is 9.59 Å². The molecule has 0 aliphatic heterocycles. The van der Waals surface area contributed by atoms with E-state index in [0.717, 1.165) is 4.90 Å². The van der Waals surface area contributed by atoms with Gasteiger partial charge in [0.15, 0.2) is 0 Å². The summed E-state index contributed by atoms with van der Waals surface area (Å²) in [5.74, 6) is 1.43. The van der Waals surface area contributed by atoms with Crippen LogP contribution in [-0.2, 0) is 4.79 Å². The molecule has 2 amide bonds. The first-order valence-electron chi connectivity index (χ1n) is 10.7. The highest BCUT2D eigenvalue weighted by Crippen LogP contribution is 2.30. The molecule has 0 aliphatic carbocycles. The molecule has 0 radical (unpaired) electrons. The number of carbonyl (C=O) groups is 2. The van der Waals surface area contributed by atoms with Crippen molar-refractivity contribution in [1.82, 2.24) is 0 Å². The predicted octanol–water partition coefficient (Wildman–Crippen LogP) is 5.47. The molecule has 178 valence electrons. The van der Waals surface area contributed by atoms with Crippen LogP contribution < -0.4 is 24.8 Å². The van der Waals surface area contributed by atoms with Crippen molar-refractivity contribution in [2.24, 2.45) is 0 Å². The lowest BCUT2D eigenvalue weighted by molar-refractivity contribution is -0.115. The highest BCUT2D eigenvalue weighted by atomic mass is 32.2. The van der Waals surface area contributed by atoms with Crippen molar-refractivity contribution >= 4 is 35.0 Å². The van der Waals surface area contributed by atoms with Gasteiger partial charge in [-0.15, -0.1) is 11.8 Å². The number of thioether (sulfide) groups is 1. The fraction of sp³-hybridized carbons (Fsp3) is 0.231. The van der Waals surface area contributed by atoms with Crippen molar-refractivity contribution in [3.63, 3.8) is 0 Å². The zero-order valence-electron chi connectivity index (χ0n) is 19.6. The summed E-state index contributed by atoms with van der Waals surface area (Å²) in [7, 11) is 4.68. The number of amides is 2. The Kier molecular flexibility index (Phi) is 8.81. The normalized spacial score (nSPS) is 11.3. The minimum Gasteiger partial charge on any atom is -0.497 e. The molecule has 0 aliphatic rings. The fourth-order valence-corrected chi connectivity index (χ4v) is 4.22. The van der Waals surface area contributed by atoms with E-state index in [9.17, 15) is 9.59 Å². The van der Waals surface area contributed by atoms with E-state index >= 15 is 0 Å². The summed E-state index contributed by atoms with van der Waals surface area (Å²) in [6.07, 6.45) is 0.623. The minimum absolute atomic E-state index is 0.131. The summed E-state index contributed by atoms with van der Waals surface area (Å²) >= 11 is 1.43. The van der Waals surface area contributed by atoms with Crippen LogP contribution >= 0.6 is 11.8 Å². The third kappa shape index (κ3) is 6.68. The lowest BCUT2D eigenvalue weighted by Gasteiger charge is -2.16. The van der Waals surface area contributed by atoms with E-state index in [4.69, 9.17) is 14.2 Å². The number of ether oxygens (including phenoxy) is 3. The second kappa shape index (κ2) is 12.0. The van der Waals surface area contributed by atoms with Crippen LogP contribution in [0, 0.1) is 0 Å². The topological polar surface area (TPSA) is 85.9 Å². The lowest BCUT2D eigenvalue weighted by atomic mass is 10.2. The van der Waals surface area contributed by atoms with Gasteiger partial charge >= 0.3 is 0 Å². The monoisotopic (exact) mass is 480 g/mol. The largest absolute Gasteiger partial charge is 0.497 e. The molecule has 0 fully saturated rings. The van der Waals surface area contributed by atoms with E-state index in [0.29, 0.717) is 40.6 Å². The highest BCUT2D eigenvalue weighted by molar-refractivity contribution is 8.00. The van der Waals surface area contributed by atoms with Crippen molar-refractivity contribution in [3.8, 4) is 17.2 Å². The predicted molar refractivity (Wildman–Crippen MR) is 136 cm³/mol. The van der Waals surface area contributed by atoms with Crippen LogP contribution in [0.25, 0.3) is 0 Å². The minimum atomic E-state index is -0.332. The summed E-state index contributed by atoms with van der Waals surface area (Å²) in [5.41, 5.74) is 1.74. The van der Waals surface area contributed by atoms with Crippen LogP contribution in [0.5, 0.6) is 17.2 Å². The van der Waals surface area contributed by atoms with Crippen LogP contribution in [0.2, 0.25) is 0 Å². The SMILES string of the molecule is CCC(Sc1cccc(NC(=O)c2cccc(OC)c2)c1)C(=O)Nc1cc(OC)cc(OC)c1. The third-order valence-corrected chi connectivity index (χ3v) is 6.34. The summed E-state index contributed by atoms with van der Waals surface area (Å²) in [5, 5.41) is 5.51. The molecule has 3 rings (SSSR count). The number of rotatable bonds is 10. The molecule has 1 atom stereocenters. The molecule has 1 unspecified atom stereocenters. The van der Waals surface area contributed by atoms with Gasteiger partial charge in [0.25, 0.3) is 5.91 Å². The Morgan fingerprint density at radius 1 is 0.794 bits per heavy atom. The number of hydrogen-bond donors (Lipinski definition) is 2. The van der Waals surface area contributed by atoms with Gasteiger partial charge in [-0.2, -0.15) is 0 Å². The molecule has 3 aromatic rings. The number of nitrogens with one attached hydrogen (secondary N) is 2. The number of methoxy groups -OCH3 is 3. The first-order valence-corrected chi connectivity index (χ1v) is 11.6. The fourth-order valence-electron chi connectivity index (χ4n) is 3.20. The number of anilines is 2. The van der Waals surface area contributed by atoms with Crippen molar-refractivity contribution in [2.75, 3.05) is 32.0 Å². The van der Waals surface area contributed by atoms with E-state index in [1.807, 2.05) is 31.2 Å². The molecule has 0 heterocycles. The van der Waals surface area contributed by atoms with Gasteiger partial charge in [-0.1, -0.05) is 19.1 Å². The molecule has 0 spiro atoms. The zero-order chi connectivity index (χ0) is 24.5. The summed E-state index contributed by atoms with van der Waals surface area (Å²) in [4.78, 5) is 26.5. The van der Waals surface area contributed by atoms with Crippen molar-refractivity contribution in [3.05, 3.63) is 72.3 Å². The Morgan fingerprint density at radius 2 is 1.47 bits per heavy atom. The molecule has 0 bridgehead atoms. The Labute approximate surface area is 203 Å². The van der Waals surface area contributed by atoms with Crippen molar-refractivity contribution < 1.29 is 23.8 Å². The van der Waals surface area contributed by atoms with E-state index in [-0.39, 0.29) is 17.1 Å². The number of carbonyl (C=O) groups excluding carboxylic acids is 2. The van der Waals surface area contributed by atoms with Gasteiger partial charge in [0, 0.05) is 40.0 Å². The molecule has 34 heavy (non-hydrogen) atoms. The summed E-state index contributed by atoms with van der Waals surface area (Å²) in [6, 6.07) is 19.6. The second-order valence-corrected chi connectivity index (χ2v) is 8.60. The first kappa shape index (κ1) is 25.0. The molecule has 0 saturated heterocycles. The van der Waals surface area contributed by atoms with Crippen LogP contribution in [0.4, 0.5) is 11.4 Å². The quantitative estimate of drug-likeness (QED) is 0.374. The van der Waals surface area contributed by atoms with Gasteiger partial charge in [-0.25, -0.2) is 0 Å². The third-order valence-electron chi connectivity index (χ3n) is 4.98. The molecule has 3 aromatic carbocycles. The molecule has 0 aromatic heterocycles. The Bertz CT molecular complexity index is 1130. The Morgan fingerprint density at radius 3 is 2.12 bits per heavy atom. The first-order chi connectivity index (χ1) is 16.4. The Balaban J connectivity index is 1.68. The van der Waals surface area contributed by atoms with Crippen LogP contribution in [-0.4, -0.2) is 38.4 Å². The Hall–Kier alpha value is -3.65. The molecule has 2 N–H and O–H groups in total. The van der Waals surface area contributed by atoms with E-state index in [1.54, 1.807) is 63.8 Å². The maximum atomic E-state index is 13.0. The summed E-state index contributed by atoms with van der Waals surface area (Å²) in [6.45, 7) is 1.96. The van der Waals surface area contributed by atoms with Gasteiger partial charge in [-0.05, 0) is 42.8 Å². The van der Waals surface area contributed by atoms with Crippen LogP contribution in [0.3, 0.4) is 0 Å². The molecule has 0 saturated carbocycles. The maximum Gasteiger partial charge on any atom is 0.255 e. The summed E-state index contributed by atoms with van der Waals surface area (Å²) < 4.78 is 15.7. The molecular weight excluding hydrogens is 452 g/mol. The van der Waals surface area contributed by atoms with Crippen molar-refractivity contribution in [1.29, 1.82) is 0 Å². The molecular formula is C26H28N2O5S. The smallest absolute Gasteiger partial charge is 0.255 e. The number of benzene rings is 3. The van der Waals surface area contributed by atoms with E-state index < -0.39 is 0 Å². The average molecular weight is 481 g/mol. The van der Waals surface area contributed by atoms with Gasteiger partial charge in [0.1, 0.15) is 17.2 Å². The van der Waals surface area contributed by atoms with E-state index in [1.165, 1.54) is 11.8 Å². The molecule has 8 heteroatoms. The highest BCUT2D eigenvalue weighted by Gasteiger charge is 2.19. The zero-order valence-corrected chi connectivity index (χ0v) is 20.4.